The topological polar surface area (TPSA) is 244 Å². The van der Waals surface area contributed by atoms with Crippen LogP contribution in [0.1, 0.15) is 72.1 Å². The summed E-state index contributed by atoms with van der Waals surface area (Å²) in [6, 6.07) is 0. The largest absolute Gasteiger partial charge is 0.355 e. The van der Waals surface area contributed by atoms with Crippen LogP contribution in [0.3, 0.4) is 0 Å². The van der Waals surface area contributed by atoms with Crippen molar-refractivity contribution in [1.29, 1.82) is 0 Å². The van der Waals surface area contributed by atoms with E-state index in [9.17, 15) is 33.6 Å². The van der Waals surface area contributed by atoms with Crippen LogP contribution < -0.4 is 43.4 Å². The molecule has 6 amide bonds. The molecule has 2 rings (SSSR count). The first-order chi connectivity index (χ1) is 24.6. The predicted octanol–water partition coefficient (Wildman–Crippen LogP) is 0.680. The summed E-state index contributed by atoms with van der Waals surface area (Å²) in [5.74, 6) is -2.12. The molecule has 2 fully saturated rings. The van der Waals surface area contributed by atoms with Gasteiger partial charge in [0.05, 0.1) is 0 Å². The van der Waals surface area contributed by atoms with E-state index < -0.39 is 5.24 Å². The van der Waals surface area contributed by atoms with E-state index in [1.54, 1.807) is 20.8 Å². The summed E-state index contributed by atoms with van der Waals surface area (Å²) in [5, 5.41) is 16.0. The zero-order chi connectivity index (χ0) is 39.6. The lowest BCUT2D eigenvalue weighted by Gasteiger charge is -2.29. The molecule has 0 saturated heterocycles. The predicted molar refractivity (Wildman–Crippen MR) is 202 cm³/mol. The van der Waals surface area contributed by atoms with Crippen molar-refractivity contribution in [3.05, 3.63) is 36.5 Å². The molecule has 0 bridgehead atoms. The zero-order valence-electron chi connectivity index (χ0n) is 31.1. The standard InChI is InChI=1S/C20H32N4O4.C12H24N4O2.C4H5ClO/c1-13(2)17(25)21-9-11-23-19(27)15-7-5-6-8-16(15)20(28)24-12-10-22-18(26)14(3)4;13-5-7-15-11(17)9-3-1-2-4-10(9)12(18)16-8-6-14;1-3(2)4(5)6/h15-16H,1,3,5-12H2,2,4H3,(H,21,25)(H,22,26)(H,23,27)(H,24,28);9-10H,1-8,13-14H2,(H,15,17)(H,16,18);1H2,2H3. The van der Waals surface area contributed by atoms with Crippen LogP contribution in [-0.2, 0) is 33.6 Å². The van der Waals surface area contributed by atoms with E-state index in [2.05, 4.69) is 51.6 Å². The number of rotatable bonds is 17. The number of halogens is 1. The number of hydrogen-bond donors (Lipinski definition) is 8. The van der Waals surface area contributed by atoms with Crippen molar-refractivity contribution in [3.8, 4) is 0 Å². The van der Waals surface area contributed by atoms with Gasteiger partial charge in [-0.2, -0.15) is 0 Å². The van der Waals surface area contributed by atoms with Crippen molar-refractivity contribution >= 4 is 52.3 Å². The first kappa shape index (κ1) is 47.9. The fourth-order valence-electron chi connectivity index (χ4n) is 5.46. The Morgan fingerprint density at radius 3 is 0.923 bits per heavy atom. The third-order valence-corrected chi connectivity index (χ3v) is 8.62. The summed E-state index contributed by atoms with van der Waals surface area (Å²) in [7, 11) is 0. The van der Waals surface area contributed by atoms with Gasteiger partial charge in [-0.05, 0) is 58.1 Å². The van der Waals surface area contributed by atoms with Crippen LogP contribution in [-0.4, -0.2) is 93.0 Å². The van der Waals surface area contributed by atoms with Crippen LogP contribution in [0.15, 0.2) is 36.5 Å². The highest BCUT2D eigenvalue weighted by Gasteiger charge is 2.36. The molecular weight excluding hydrogens is 692 g/mol. The van der Waals surface area contributed by atoms with Gasteiger partial charge in [0.2, 0.25) is 40.7 Å². The highest BCUT2D eigenvalue weighted by molar-refractivity contribution is 6.67. The van der Waals surface area contributed by atoms with Gasteiger partial charge in [-0.15, -0.1) is 0 Å². The molecule has 294 valence electrons. The van der Waals surface area contributed by atoms with Crippen LogP contribution in [0.25, 0.3) is 0 Å². The molecule has 4 atom stereocenters. The molecular formula is C36H61ClN8O7. The van der Waals surface area contributed by atoms with E-state index in [1.165, 1.54) is 0 Å². The molecule has 4 unspecified atom stereocenters. The number of amides is 6. The fraction of sp³-hybridized carbons (Fsp3) is 0.639. The Morgan fingerprint density at radius 1 is 0.481 bits per heavy atom. The minimum absolute atomic E-state index is 0.0481. The number of nitrogens with two attached hydrogens (primary N) is 2. The second-order valence-corrected chi connectivity index (χ2v) is 13.2. The molecule has 0 heterocycles. The lowest BCUT2D eigenvalue weighted by Crippen LogP contribution is -2.46. The van der Waals surface area contributed by atoms with Crippen LogP contribution in [0.2, 0.25) is 0 Å². The van der Waals surface area contributed by atoms with Crippen molar-refractivity contribution in [1.82, 2.24) is 31.9 Å². The maximum atomic E-state index is 12.5. The average molecular weight is 753 g/mol. The minimum atomic E-state index is -0.463. The molecule has 16 heteroatoms. The molecule has 0 aliphatic heterocycles. The van der Waals surface area contributed by atoms with Crippen molar-refractivity contribution in [2.75, 3.05) is 52.4 Å². The molecule has 52 heavy (non-hydrogen) atoms. The Balaban J connectivity index is 0.000000920. The minimum Gasteiger partial charge on any atom is -0.355 e. The number of carbonyl (C=O) groups is 7. The zero-order valence-corrected chi connectivity index (χ0v) is 31.9. The number of hydrogen-bond acceptors (Lipinski definition) is 9. The third kappa shape index (κ3) is 20.1. The Hall–Kier alpha value is -4.08. The van der Waals surface area contributed by atoms with Gasteiger partial charge in [-0.3, -0.25) is 33.6 Å². The van der Waals surface area contributed by atoms with Crippen LogP contribution >= 0.6 is 11.6 Å². The van der Waals surface area contributed by atoms with Gasteiger partial charge in [0.25, 0.3) is 0 Å². The van der Waals surface area contributed by atoms with E-state index in [1.807, 2.05) is 0 Å². The van der Waals surface area contributed by atoms with Gasteiger partial charge in [0, 0.05) is 92.7 Å². The summed E-state index contributed by atoms with van der Waals surface area (Å²) in [6.07, 6.45) is 6.69. The first-order valence-electron chi connectivity index (χ1n) is 17.8. The van der Waals surface area contributed by atoms with Gasteiger partial charge >= 0.3 is 0 Å². The normalized spacial score (nSPS) is 19.0. The van der Waals surface area contributed by atoms with Gasteiger partial charge in [-0.25, -0.2) is 0 Å². The summed E-state index contributed by atoms with van der Waals surface area (Å²) in [4.78, 5) is 81.6. The quantitative estimate of drug-likeness (QED) is 0.0591. The molecule has 0 aromatic rings. The smallest absolute Gasteiger partial charge is 0.247 e. The molecule has 2 aliphatic carbocycles. The maximum Gasteiger partial charge on any atom is 0.247 e. The maximum absolute atomic E-state index is 12.5. The molecule has 10 N–H and O–H groups in total. The molecule has 15 nitrogen and oxygen atoms in total. The van der Waals surface area contributed by atoms with Gasteiger partial charge in [0.15, 0.2) is 0 Å². The van der Waals surface area contributed by atoms with Crippen LogP contribution in [0.5, 0.6) is 0 Å². The summed E-state index contributed by atoms with van der Waals surface area (Å²) in [5.41, 5.74) is 11.9. The van der Waals surface area contributed by atoms with Crippen LogP contribution in [0.4, 0.5) is 0 Å². The molecule has 0 aromatic carbocycles. The molecule has 0 aromatic heterocycles. The lowest BCUT2D eigenvalue weighted by molar-refractivity contribution is -0.136. The fourth-order valence-corrected chi connectivity index (χ4v) is 5.46. The number of allylic oxidation sites excluding steroid dienone is 1. The Labute approximate surface area is 313 Å². The third-order valence-electron chi connectivity index (χ3n) is 8.30. The van der Waals surface area contributed by atoms with E-state index in [0.29, 0.717) is 81.9 Å². The highest BCUT2D eigenvalue weighted by atomic mass is 35.5. The van der Waals surface area contributed by atoms with Crippen LogP contribution in [0, 0.1) is 23.7 Å². The molecule has 0 spiro atoms. The second kappa shape index (κ2) is 27.6. The molecule has 2 saturated carbocycles. The van der Waals surface area contributed by atoms with Crippen molar-refractivity contribution in [3.63, 3.8) is 0 Å². The van der Waals surface area contributed by atoms with Gasteiger partial charge < -0.3 is 43.4 Å². The summed E-state index contributed by atoms with van der Waals surface area (Å²) >= 11 is 4.87. The van der Waals surface area contributed by atoms with E-state index in [4.69, 9.17) is 23.1 Å². The molecule has 0 radical (unpaired) electrons. The Morgan fingerprint density at radius 2 is 0.712 bits per heavy atom. The lowest BCUT2D eigenvalue weighted by atomic mass is 9.78. The average Bonchev–Trinajstić information content (AvgIpc) is 3.12. The SMILES string of the molecule is C=C(C)C(=O)Cl.C=C(C)C(=O)NCCNC(=O)C1CCCCC1C(=O)NCCNC(=O)C(=C)C.NCCNC(=O)C1CCCCC1C(=O)NCCN. The Bertz CT molecular complexity index is 1160. The molecule has 2 aliphatic rings. The van der Waals surface area contributed by atoms with Crippen molar-refractivity contribution in [2.24, 2.45) is 35.1 Å². The van der Waals surface area contributed by atoms with E-state index >= 15 is 0 Å². The van der Waals surface area contributed by atoms with Gasteiger partial charge in [-0.1, -0.05) is 45.4 Å². The summed E-state index contributed by atoms with van der Waals surface area (Å²) < 4.78 is 0. The number of nitrogens with one attached hydrogen (secondary N) is 6. The van der Waals surface area contributed by atoms with Crippen molar-refractivity contribution in [2.45, 2.75) is 72.1 Å². The van der Waals surface area contributed by atoms with Crippen molar-refractivity contribution < 1.29 is 33.6 Å². The Kier molecular flexibility index (Phi) is 25.4. The van der Waals surface area contributed by atoms with Gasteiger partial charge in [0.1, 0.15) is 0 Å². The first-order valence-corrected chi connectivity index (χ1v) is 18.2. The highest BCUT2D eigenvalue weighted by Crippen LogP contribution is 2.31. The van der Waals surface area contributed by atoms with E-state index in [0.717, 1.165) is 38.5 Å². The second-order valence-electron chi connectivity index (χ2n) is 12.9. The summed E-state index contributed by atoms with van der Waals surface area (Å²) in [6.45, 7) is 18.2. The van der Waals surface area contributed by atoms with E-state index in [-0.39, 0.29) is 59.1 Å². The monoisotopic (exact) mass is 752 g/mol. The number of carbonyl (C=O) groups excluding carboxylic acids is 7.